The molecule has 3 aromatic rings. The predicted molar refractivity (Wildman–Crippen MR) is 138 cm³/mol. The van der Waals surface area contributed by atoms with Crippen LogP contribution in [0.5, 0.6) is 0 Å². The Kier molecular flexibility index (Phi) is 7.78. The van der Waals surface area contributed by atoms with Gasteiger partial charge in [-0.15, -0.1) is 0 Å². The molecule has 4 rings (SSSR count). The molecule has 2 aromatic carbocycles. The van der Waals surface area contributed by atoms with Crippen molar-refractivity contribution in [2.45, 2.75) is 19.5 Å². The molecular weight excluding hydrogens is 498 g/mol. The Hall–Kier alpha value is -2.58. The quantitative estimate of drug-likeness (QED) is 0.341. The van der Waals surface area contributed by atoms with Crippen LogP contribution in [0.1, 0.15) is 17.7 Å². The highest BCUT2D eigenvalue weighted by molar-refractivity contribution is 6.39. The van der Waals surface area contributed by atoms with Gasteiger partial charge in [0, 0.05) is 23.7 Å². The van der Waals surface area contributed by atoms with Gasteiger partial charge in [0.15, 0.2) is 0 Å². The normalized spacial score (nSPS) is 15.8. The van der Waals surface area contributed by atoms with Gasteiger partial charge in [0.1, 0.15) is 29.0 Å². The van der Waals surface area contributed by atoms with Crippen molar-refractivity contribution in [3.63, 3.8) is 0 Å². The van der Waals surface area contributed by atoms with E-state index in [2.05, 4.69) is 22.2 Å². The lowest BCUT2D eigenvalue weighted by Crippen LogP contribution is -2.17. The highest BCUT2D eigenvalue weighted by Gasteiger charge is 2.23. The second-order valence-corrected chi connectivity index (χ2v) is 9.32. The molecule has 0 aliphatic carbocycles. The molecule has 2 heterocycles. The van der Waals surface area contributed by atoms with Crippen molar-refractivity contribution in [2.75, 3.05) is 18.8 Å². The van der Waals surface area contributed by atoms with Gasteiger partial charge in [-0.1, -0.05) is 47.4 Å². The van der Waals surface area contributed by atoms with Gasteiger partial charge in [0.05, 0.1) is 21.8 Å². The lowest BCUT2D eigenvalue weighted by Gasteiger charge is -2.15. The number of benzene rings is 2. The maximum Gasteiger partial charge on any atom is 0.145 e. The second-order valence-electron chi connectivity index (χ2n) is 8.07. The topological polar surface area (TPSA) is 80.3 Å². The lowest BCUT2D eigenvalue weighted by atomic mass is 10.1. The van der Waals surface area contributed by atoms with Gasteiger partial charge in [-0.05, 0) is 55.8 Å². The Bertz CT molecular complexity index is 1210. The van der Waals surface area contributed by atoms with Crippen molar-refractivity contribution in [1.29, 1.82) is 0 Å². The summed E-state index contributed by atoms with van der Waals surface area (Å²) in [7, 11) is 0. The summed E-state index contributed by atoms with van der Waals surface area (Å²) in [6.07, 6.45) is 2.56. The molecule has 0 bridgehead atoms. The molecule has 0 spiro atoms. The number of aromatic nitrogens is 2. The van der Waals surface area contributed by atoms with Crippen molar-refractivity contribution < 1.29 is 4.39 Å². The minimum Gasteiger partial charge on any atom is -0.383 e. The largest absolute Gasteiger partial charge is 0.383 e. The van der Waals surface area contributed by atoms with Crippen molar-refractivity contribution in [3.05, 3.63) is 80.9 Å². The monoisotopic (exact) mass is 520 g/mol. The highest BCUT2D eigenvalue weighted by atomic mass is 35.5. The van der Waals surface area contributed by atoms with Crippen LogP contribution in [-0.4, -0.2) is 28.9 Å². The molecule has 1 aliphatic rings. The van der Waals surface area contributed by atoms with Crippen LogP contribution in [0.25, 0.3) is 11.4 Å². The number of imidazole rings is 1. The maximum absolute atomic E-state index is 13.9. The van der Waals surface area contributed by atoms with Gasteiger partial charge in [0.25, 0.3) is 0 Å². The van der Waals surface area contributed by atoms with E-state index in [9.17, 15) is 4.39 Å². The van der Waals surface area contributed by atoms with Gasteiger partial charge in [-0.3, -0.25) is 0 Å². The number of hydrogen-bond acceptors (Lipinski definition) is 5. The van der Waals surface area contributed by atoms with Crippen LogP contribution >= 0.6 is 34.8 Å². The van der Waals surface area contributed by atoms with Gasteiger partial charge in [-0.2, -0.15) is 0 Å². The van der Waals surface area contributed by atoms with Crippen LogP contribution in [-0.2, 0) is 13.1 Å². The molecule has 1 unspecified atom stereocenters. The third-order valence-corrected chi connectivity index (χ3v) is 6.52. The Labute approximate surface area is 212 Å². The summed E-state index contributed by atoms with van der Waals surface area (Å²) in [6.45, 7) is 6.59. The number of aliphatic imine (C=N–C) groups is 1. The van der Waals surface area contributed by atoms with E-state index in [1.54, 1.807) is 24.3 Å². The summed E-state index contributed by atoms with van der Waals surface area (Å²) in [5.41, 5.74) is 7.99. The predicted octanol–water partition coefficient (Wildman–Crippen LogP) is 5.52. The number of halogens is 4. The van der Waals surface area contributed by atoms with Gasteiger partial charge in [0.2, 0.25) is 0 Å². The molecule has 10 heteroatoms. The van der Waals surface area contributed by atoms with E-state index in [1.165, 1.54) is 18.3 Å². The Balaban J connectivity index is 1.58. The Morgan fingerprint density at radius 2 is 2.06 bits per heavy atom. The fraction of sp³-hybridized carbons (Fsp3) is 0.250. The third-order valence-electron chi connectivity index (χ3n) is 5.66. The maximum atomic E-state index is 13.9. The van der Waals surface area contributed by atoms with E-state index in [0.717, 1.165) is 19.5 Å². The Morgan fingerprint density at radius 3 is 2.76 bits per heavy atom. The molecule has 0 amide bonds. The van der Waals surface area contributed by atoms with Crippen LogP contribution in [0.3, 0.4) is 0 Å². The van der Waals surface area contributed by atoms with Crippen molar-refractivity contribution >= 4 is 46.8 Å². The van der Waals surface area contributed by atoms with Gasteiger partial charge < -0.3 is 20.9 Å². The molecule has 178 valence electrons. The summed E-state index contributed by atoms with van der Waals surface area (Å²) >= 11 is 18.9. The number of nitrogen functional groups attached to an aromatic ring is 1. The molecule has 0 radical (unpaired) electrons. The smallest absolute Gasteiger partial charge is 0.145 e. The van der Waals surface area contributed by atoms with E-state index in [0.29, 0.717) is 61.8 Å². The van der Waals surface area contributed by atoms with E-state index < -0.39 is 0 Å². The Morgan fingerprint density at radius 1 is 1.29 bits per heavy atom. The summed E-state index contributed by atoms with van der Waals surface area (Å²) < 4.78 is 15.9. The molecule has 0 saturated carbocycles. The SMILES string of the molecule is C=C(N=Cc1nc(-c2c(Cl)cccc2Cl)n(CC2CCNC2)c1N)NCc1cc(Cl)ccc1F. The van der Waals surface area contributed by atoms with E-state index in [-0.39, 0.29) is 12.4 Å². The van der Waals surface area contributed by atoms with Crippen LogP contribution in [0.15, 0.2) is 53.8 Å². The minimum atomic E-state index is -0.362. The summed E-state index contributed by atoms with van der Waals surface area (Å²) in [6, 6.07) is 9.69. The molecular formula is C24H24Cl3FN6. The molecule has 4 N–H and O–H groups in total. The number of anilines is 1. The first-order chi connectivity index (χ1) is 16.3. The molecule has 6 nitrogen and oxygen atoms in total. The molecule has 1 aromatic heterocycles. The fourth-order valence-electron chi connectivity index (χ4n) is 3.86. The fourth-order valence-corrected chi connectivity index (χ4v) is 4.62. The average molecular weight is 522 g/mol. The van der Waals surface area contributed by atoms with Crippen LogP contribution in [0.4, 0.5) is 10.2 Å². The van der Waals surface area contributed by atoms with E-state index >= 15 is 0 Å². The number of nitrogens with zero attached hydrogens (tertiary/aromatic N) is 3. The summed E-state index contributed by atoms with van der Waals surface area (Å²) in [5.74, 6) is 1.41. The zero-order valence-corrected chi connectivity index (χ0v) is 20.6. The first kappa shape index (κ1) is 24.5. The summed E-state index contributed by atoms with van der Waals surface area (Å²) in [4.78, 5) is 9.04. The highest BCUT2D eigenvalue weighted by Crippen LogP contribution is 2.36. The number of nitrogens with two attached hydrogens (primary N) is 1. The van der Waals surface area contributed by atoms with Gasteiger partial charge in [-0.25, -0.2) is 14.4 Å². The summed E-state index contributed by atoms with van der Waals surface area (Å²) in [5, 5.41) is 7.77. The number of rotatable bonds is 8. The average Bonchev–Trinajstić information content (AvgIpc) is 3.42. The molecule has 1 fully saturated rings. The lowest BCUT2D eigenvalue weighted by molar-refractivity contribution is 0.488. The van der Waals surface area contributed by atoms with Crippen molar-refractivity contribution in [2.24, 2.45) is 10.9 Å². The number of nitrogens with one attached hydrogen (secondary N) is 2. The van der Waals surface area contributed by atoms with Crippen LogP contribution < -0.4 is 16.4 Å². The first-order valence-electron chi connectivity index (χ1n) is 10.8. The standard InChI is InChI=1S/C24H24Cl3FN6/c1-14(31-11-16-9-17(25)5-6-20(16)28)32-12-21-23(29)34(13-15-7-8-30-10-15)24(33-21)22-18(26)3-2-4-19(22)27/h2-6,9,12,15,30-31H,1,7-8,10-11,13,29H2. The molecule has 34 heavy (non-hydrogen) atoms. The van der Waals surface area contributed by atoms with Gasteiger partial charge >= 0.3 is 0 Å². The molecule has 1 saturated heterocycles. The van der Waals surface area contributed by atoms with Crippen molar-refractivity contribution in [1.82, 2.24) is 20.2 Å². The van der Waals surface area contributed by atoms with Crippen molar-refractivity contribution in [3.8, 4) is 11.4 Å². The molecule has 1 aliphatic heterocycles. The zero-order valence-electron chi connectivity index (χ0n) is 18.3. The van der Waals surface area contributed by atoms with E-state index in [4.69, 9.17) is 45.5 Å². The third kappa shape index (κ3) is 5.55. The second kappa shape index (κ2) is 10.8. The first-order valence-corrected chi connectivity index (χ1v) is 11.9. The van der Waals surface area contributed by atoms with E-state index in [1.807, 2.05) is 4.57 Å². The zero-order chi connectivity index (χ0) is 24.2. The van der Waals surface area contributed by atoms with Crippen LogP contribution in [0, 0.1) is 11.7 Å². The van der Waals surface area contributed by atoms with Crippen LogP contribution in [0.2, 0.25) is 15.1 Å². The minimum absolute atomic E-state index is 0.182. The number of hydrogen-bond donors (Lipinski definition) is 3. The molecule has 1 atom stereocenters.